The average molecular weight is 309 g/mol. The van der Waals surface area contributed by atoms with Gasteiger partial charge in [-0.15, -0.1) is 11.8 Å². The number of nitrogens with zero attached hydrogens (tertiary/aromatic N) is 1. The van der Waals surface area contributed by atoms with E-state index in [2.05, 4.69) is 0 Å². The molecule has 2 rings (SSSR count). The van der Waals surface area contributed by atoms with Crippen LogP contribution in [0.5, 0.6) is 5.75 Å². The zero-order chi connectivity index (χ0) is 15.5. The van der Waals surface area contributed by atoms with Crippen LogP contribution in [0.15, 0.2) is 24.3 Å². The van der Waals surface area contributed by atoms with Crippen LogP contribution in [0.1, 0.15) is 32.8 Å². The number of amides is 1. The van der Waals surface area contributed by atoms with Crippen LogP contribution < -0.4 is 0 Å². The number of rotatable bonds is 3. The van der Waals surface area contributed by atoms with Gasteiger partial charge in [0.1, 0.15) is 11.4 Å². The Morgan fingerprint density at radius 3 is 2.67 bits per heavy atom. The summed E-state index contributed by atoms with van der Waals surface area (Å²) in [7, 11) is 0. The van der Waals surface area contributed by atoms with Gasteiger partial charge in [-0.25, -0.2) is 4.79 Å². The molecule has 0 radical (unpaired) electrons. The van der Waals surface area contributed by atoms with Gasteiger partial charge in [-0.3, -0.25) is 4.90 Å². The Morgan fingerprint density at radius 1 is 1.38 bits per heavy atom. The highest BCUT2D eigenvalue weighted by molar-refractivity contribution is 8.00. The molecule has 0 aliphatic carbocycles. The first kappa shape index (κ1) is 16.0. The minimum Gasteiger partial charge on any atom is -0.508 e. The van der Waals surface area contributed by atoms with Gasteiger partial charge in [0.15, 0.2) is 0 Å². The third-order valence-electron chi connectivity index (χ3n) is 3.23. The molecule has 1 aliphatic rings. The van der Waals surface area contributed by atoms with E-state index in [1.165, 1.54) is 5.56 Å². The van der Waals surface area contributed by atoms with Gasteiger partial charge in [-0.2, -0.15) is 0 Å². The van der Waals surface area contributed by atoms with E-state index in [9.17, 15) is 9.90 Å². The van der Waals surface area contributed by atoms with Crippen LogP contribution in [0.4, 0.5) is 4.79 Å². The SMILES string of the molecule is CC(C)(C)OC(=O)N1CCSC1CCc1ccc(O)cc1. The predicted molar refractivity (Wildman–Crippen MR) is 85.6 cm³/mol. The Bertz CT molecular complexity index is 481. The van der Waals surface area contributed by atoms with Gasteiger partial charge < -0.3 is 9.84 Å². The largest absolute Gasteiger partial charge is 0.508 e. The van der Waals surface area contributed by atoms with E-state index in [0.29, 0.717) is 0 Å². The summed E-state index contributed by atoms with van der Waals surface area (Å²) in [5.41, 5.74) is 0.718. The quantitative estimate of drug-likeness (QED) is 0.926. The van der Waals surface area contributed by atoms with Crippen LogP contribution in [0.2, 0.25) is 0 Å². The molecule has 1 fully saturated rings. The maximum Gasteiger partial charge on any atom is 0.411 e. The maximum absolute atomic E-state index is 12.2. The van der Waals surface area contributed by atoms with E-state index >= 15 is 0 Å². The highest BCUT2D eigenvalue weighted by atomic mass is 32.2. The minimum atomic E-state index is -0.453. The summed E-state index contributed by atoms with van der Waals surface area (Å²) in [5, 5.41) is 9.46. The van der Waals surface area contributed by atoms with Crippen molar-refractivity contribution in [1.82, 2.24) is 4.90 Å². The van der Waals surface area contributed by atoms with E-state index < -0.39 is 5.60 Å². The normalized spacial score (nSPS) is 18.8. The van der Waals surface area contributed by atoms with Crippen molar-refractivity contribution in [3.63, 3.8) is 0 Å². The summed E-state index contributed by atoms with van der Waals surface area (Å²) in [5.74, 6) is 1.24. The van der Waals surface area contributed by atoms with Crippen molar-refractivity contribution >= 4 is 17.9 Å². The summed E-state index contributed by atoms with van der Waals surface area (Å²) in [6.07, 6.45) is 1.56. The molecular weight excluding hydrogens is 286 g/mol. The van der Waals surface area contributed by atoms with Crippen LogP contribution in [-0.2, 0) is 11.2 Å². The van der Waals surface area contributed by atoms with Crippen molar-refractivity contribution < 1.29 is 14.6 Å². The van der Waals surface area contributed by atoms with Crippen molar-refractivity contribution in [2.45, 2.75) is 44.6 Å². The zero-order valence-electron chi connectivity index (χ0n) is 12.8. The first-order valence-corrected chi connectivity index (χ1v) is 8.29. The van der Waals surface area contributed by atoms with E-state index in [0.717, 1.165) is 25.1 Å². The van der Waals surface area contributed by atoms with Crippen molar-refractivity contribution in [1.29, 1.82) is 0 Å². The van der Waals surface area contributed by atoms with E-state index in [1.807, 2.05) is 37.8 Å². The molecule has 116 valence electrons. The van der Waals surface area contributed by atoms with Gasteiger partial charge in [-0.1, -0.05) is 12.1 Å². The van der Waals surface area contributed by atoms with Crippen molar-refractivity contribution in [2.24, 2.45) is 0 Å². The molecule has 0 spiro atoms. The monoisotopic (exact) mass is 309 g/mol. The second-order valence-electron chi connectivity index (χ2n) is 6.20. The molecule has 1 atom stereocenters. The smallest absolute Gasteiger partial charge is 0.411 e. The molecule has 0 bridgehead atoms. The molecule has 1 saturated heterocycles. The Hall–Kier alpha value is -1.36. The third kappa shape index (κ3) is 4.84. The lowest BCUT2D eigenvalue weighted by Gasteiger charge is -2.28. The molecule has 0 saturated carbocycles. The molecule has 1 aliphatic heterocycles. The number of thioether (sulfide) groups is 1. The fourth-order valence-corrected chi connectivity index (χ4v) is 3.47. The van der Waals surface area contributed by atoms with Gasteiger partial charge >= 0.3 is 6.09 Å². The van der Waals surface area contributed by atoms with Gasteiger partial charge in [0.25, 0.3) is 0 Å². The van der Waals surface area contributed by atoms with E-state index in [1.54, 1.807) is 23.9 Å². The van der Waals surface area contributed by atoms with Crippen LogP contribution in [0.25, 0.3) is 0 Å². The van der Waals surface area contributed by atoms with Gasteiger partial charge in [0.05, 0.1) is 5.37 Å². The molecule has 0 aromatic heterocycles. The number of carbonyl (C=O) groups is 1. The molecule has 1 unspecified atom stereocenters. The fraction of sp³-hybridized carbons (Fsp3) is 0.562. The van der Waals surface area contributed by atoms with Gasteiger partial charge in [0, 0.05) is 12.3 Å². The van der Waals surface area contributed by atoms with Crippen molar-refractivity contribution in [2.75, 3.05) is 12.3 Å². The van der Waals surface area contributed by atoms with E-state index in [-0.39, 0.29) is 17.2 Å². The molecule has 5 heteroatoms. The highest BCUT2D eigenvalue weighted by Gasteiger charge is 2.32. The number of phenols is 1. The second kappa shape index (κ2) is 6.60. The molecule has 1 aromatic rings. The molecule has 4 nitrogen and oxygen atoms in total. The first-order valence-electron chi connectivity index (χ1n) is 7.24. The summed E-state index contributed by atoms with van der Waals surface area (Å²) >= 11 is 1.80. The number of ether oxygens (including phenoxy) is 1. The van der Waals surface area contributed by atoms with Crippen LogP contribution >= 0.6 is 11.8 Å². The Labute approximate surface area is 130 Å². The molecule has 1 heterocycles. The predicted octanol–water partition coefficient (Wildman–Crippen LogP) is 3.63. The minimum absolute atomic E-state index is 0.175. The Morgan fingerprint density at radius 2 is 2.05 bits per heavy atom. The standard InChI is InChI=1S/C16H23NO3S/c1-16(2,3)20-15(19)17-10-11-21-14(17)9-6-12-4-7-13(18)8-5-12/h4-5,7-8,14,18H,6,9-11H2,1-3H3. The lowest BCUT2D eigenvalue weighted by Crippen LogP contribution is -2.39. The Balaban J connectivity index is 1.90. The number of benzene rings is 1. The lowest BCUT2D eigenvalue weighted by atomic mass is 10.1. The fourth-order valence-electron chi connectivity index (χ4n) is 2.24. The van der Waals surface area contributed by atoms with Crippen molar-refractivity contribution in [3.05, 3.63) is 29.8 Å². The van der Waals surface area contributed by atoms with Gasteiger partial charge in [-0.05, 0) is 51.3 Å². The number of aryl methyl sites for hydroxylation is 1. The average Bonchev–Trinajstić information content (AvgIpc) is 2.84. The summed E-state index contributed by atoms with van der Waals surface area (Å²) < 4.78 is 5.46. The maximum atomic E-state index is 12.2. The molecule has 21 heavy (non-hydrogen) atoms. The topological polar surface area (TPSA) is 49.8 Å². The number of aromatic hydroxyl groups is 1. The first-order chi connectivity index (χ1) is 9.85. The third-order valence-corrected chi connectivity index (χ3v) is 4.53. The second-order valence-corrected chi connectivity index (χ2v) is 7.49. The summed E-state index contributed by atoms with van der Waals surface area (Å²) in [6, 6.07) is 7.24. The van der Waals surface area contributed by atoms with E-state index in [4.69, 9.17) is 4.74 Å². The van der Waals surface area contributed by atoms with Crippen LogP contribution in [-0.4, -0.2) is 39.4 Å². The number of carbonyl (C=O) groups excluding carboxylic acids is 1. The number of hydrogen-bond acceptors (Lipinski definition) is 4. The molecular formula is C16H23NO3S. The highest BCUT2D eigenvalue weighted by Crippen LogP contribution is 2.29. The van der Waals surface area contributed by atoms with Crippen molar-refractivity contribution in [3.8, 4) is 5.75 Å². The number of phenolic OH excluding ortho intramolecular Hbond substituents is 1. The summed E-state index contributed by atoms with van der Waals surface area (Å²) in [6.45, 7) is 6.42. The number of hydrogen-bond donors (Lipinski definition) is 1. The molecule has 1 N–H and O–H groups in total. The van der Waals surface area contributed by atoms with Crippen LogP contribution in [0.3, 0.4) is 0 Å². The summed E-state index contributed by atoms with van der Waals surface area (Å²) in [4.78, 5) is 14.0. The lowest BCUT2D eigenvalue weighted by molar-refractivity contribution is 0.0251. The molecule has 1 amide bonds. The van der Waals surface area contributed by atoms with Crippen LogP contribution in [0, 0.1) is 0 Å². The van der Waals surface area contributed by atoms with Gasteiger partial charge in [0.2, 0.25) is 0 Å². The Kier molecular flexibility index (Phi) is 5.04. The zero-order valence-corrected chi connectivity index (χ0v) is 13.7. The molecule has 1 aromatic carbocycles.